The van der Waals surface area contributed by atoms with Gasteiger partial charge in [-0.2, -0.15) is 0 Å². The molecule has 20 heavy (non-hydrogen) atoms. The van der Waals surface area contributed by atoms with Crippen LogP contribution in [0.1, 0.15) is 28.4 Å². The second-order valence-electron chi connectivity index (χ2n) is 4.51. The lowest BCUT2D eigenvalue weighted by Gasteiger charge is -2.21. The number of amides is 1. The average molecular weight is 289 g/mol. The molecule has 0 N–H and O–H groups in total. The number of hydrogen-bond acceptors (Lipinski definition) is 2. The molecule has 104 valence electrons. The van der Waals surface area contributed by atoms with E-state index in [1.54, 1.807) is 12.4 Å². The number of nitrogens with zero attached hydrogens (tertiary/aromatic N) is 2. The van der Waals surface area contributed by atoms with Crippen molar-refractivity contribution in [1.29, 1.82) is 0 Å². The van der Waals surface area contributed by atoms with Crippen molar-refractivity contribution in [3.63, 3.8) is 0 Å². The summed E-state index contributed by atoms with van der Waals surface area (Å²) in [4.78, 5) is 18.3. The fraction of sp³-hybridized carbons (Fsp3) is 0.250. The number of aromatic nitrogens is 1. The summed E-state index contributed by atoms with van der Waals surface area (Å²) in [7, 11) is 0. The van der Waals surface area contributed by atoms with Gasteiger partial charge in [0, 0.05) is 36.9 Å². The summed E-state index contributed by atoms with van der Waals surface area (Å²) in [5.41, 5.74) is 2.78. The van der Waals surface area contributed by atoms with Crippen LogP contribution in [0.15, 0.2) is 48.8 Å². The molecular formula is C16H17ClN2O. The zero-order valence-electron chi connectivity index (χ0n) is 11.4. The Balaban J connectivity index is 2.12. The maximum Gasteiger partial charge on any atom is 0.254 e. The van der Waals surface area contributed by atoms with Gasteiger partial charge in [0.2, 0.25) is 0 Å². The fourth-order valence-electron chi connectivity index (χ4n) is 1.95. The van der Waals surface area contributed by atoms with E-state index >= 15 is 0 Å². The molecule has 0 aliphatic carbocycles. The van der Waals surface area contributed by atoms with E-state index in [1.165, 1.54) is 0 Å². The molecule has 0 aliphatic heterocycles. The molecule has 0 unspecified atom stereocenters. The van der Waals surface area contributed by atoms with Gasteiger partial charge in [-0.05, 0) is 42.3 Å². The standard InChI is InChI=1S/C16H17ClN2O/c1-2-19(12-14-7-9-18-10-8-14)16(20)15-5-3-13(11-17)4-6-15/h3-10H,2,11-12H2,1H3. The van der Waals surface area contributed by atoms with Gasteiger partial charge in [-0.25, -0.2) is 0 Å². The van der Waals surface area contributed by atoms with E-state index in [4.69, 9.17) is 11.6 Å². The summed E-state index contributed by atoms with van der Waals surface area (Å²) in [6.45, 7) is 3.24. The first-order valence-corrected chi connectivity index (χ1v) is 7.11. The maximum absolute atomic E-state index is 12.5. The quantitative estimate of drug-likeness (QED) is 0.789. The summed E-state index contributed by atoms with van der Waals surface area (Å²) >= 11 is 5.75. The van der Waals surface area contributed by atoms with E-state index in [-0.39, 0.29) is 5.91 Å². The van der Waals surface area contributed by atoms with Gasteiger partial charge in [0.1, 0.15) is 0 Å². The highest BCUT2D eigenvalue weighted by molar-refractivity contribution is 6.17. The van der Waals surface area contributed by atoms with E-state index in [1.807, 2.05) is 48.2 Å². The van der Waals surface area contributed by atoms with Crippen LogP contribution in [0, 0.1) is 0 Å². The zero-order chi connectivity index (χ0) is 14.4. The highest BCUT2D eigenvalue weighted by atomic mass is 35.5. The Bertz CT molecular complexity index is 554. The molecule has 0 saturated heterocycles. The van der Waals surface area contributed by atoms with E-state index < -0.39 is 0 Å². The molecule has 0 aliphatic rings. The number of rotatable bonds is 5. The topological polar surface area (TPSA) is 33.2 Å². The Morgan fingerprint density at radius 2 is 1.75 bits per heavy atom. The number of carbonyl (C=O) groups is 1. The Morgan fingerprint density at radius 3 is 2.30 bits per heavy atom. The summed E-state index contributed by atoms with van der Waals surface area (Å²) in [6.07, 6.45) is 3.48. The molecule has 1 heterocycles. The van der Waals surface area contributed by atoms with Crippen LogP contribution in [0.2, 0.25) is 0 Å². The molecule has 0 radical (unpaired) electrons. The van der Waals surface area contributed by atoms with Gasteiger partial charge in [-0.3, -0.25) is 9.78 Å². The SMILES string of the molecule is CCN(Cc1ccncc1)C(=O)c1ccc(CCl)cc1. The highest BCUT2D eigenvalue weighted by Crippen LogP contribution is 2.12. The van der Waals surface area contributed by atoms with Crippen molar-refractivity contribution in [2.45, 2.75) is 19.3 Å². The van der Waals surface area contributed by atoms with Gasteiger partial charge >= 0.3 is 0 Å². The molecule has 0 saturated carbocycles. The molecule has 1 aromatic heterocycles. The third-order valence-corrected chi connectivity index (χ3v) is 3.46. The van der Waals surface area contributed by atoms with Crippen LogP contribution in [0.5, 0.6) is 0 Å². The summed E-state index contributed by atoms with van der Waals surface area (Å²) < 4.78 is 0. The summed E-state index contributed by atoms with van der Waals surface area (Å²) in [6, 6.07) is 11.3. The zero-order valence-corrected chi connectivity index (χ0v) is 12.2. The van der Waals surface area contributed by atoms with Crippen LogP contribution >= 0.6 is 11.6 Å². The van der Waals surface area contributed by atoms with Gasteiger partial charge < -0.3 is 4.90 Å². The van der Waals surface area contributed by atoms with Gasteiger partial charge in [0.05, 0.1) is 0 Å². The fourth-order valence-corrected chi connectivity index (χ4v) is 2.13. The number of pyridine rings is 1. The number of benzene rings is 1. The lowest BCUT2D eigenvalue weighted by atomic mass is 10.1. The number of alkyl halides is 1. The van der Waals surface area contributed by atoms with Crippen LogP contribution in [0.4, 0.5) is 0 Å². The minimum Gasteiger partial charge on any atom is -0.335 e. The first-order valence-electron chi connectivity index (χ1n) is 6.57. The third-order valence-electron chi connectivity index (χ3n) is 3.15. The second-order valence-corrected chi connectivity index (χ2v) is 4.77. The molecular weight excluding hydrogens is 272 g/mol. The molecule has 3 nitrogen and oxygen atoms in total. The van der Waals surface area contributed by atoms with Crippen molar-refractivity contribution in [2.24, 2.45) is 0 Å². The number of hydrogen-bond donors (Lipinski definition) is 0. The Hall–Kier alpha value is -1.87. The van der Waals surface area contributed by atoms with Crippen LogP contribution in [-0.2, 0) is 12.4 Å². The maximum atomic E-state index is 12.5. The van der Waals surface area contributed by atoms with E-state index in [2.05, 4.69) is 4.98 Å². The normalized spacial score (nSPS) is 10.3. The van der Waals surface area contributed by atoms with Crippen LogP contribution < -0.4 is 0 Å². The van der Waals surface area contributed by atoms with Gasteiger partial charge in [0.15, 0.2) is 0 Å². The molecule has 2 aromatic rings. The van der Waals surface area contributed by atoms with Crippen molar-refractivity contribution in [2.75, 3.05) is 6.54 Å². The Labute approximate surface area is 124 Å². The molecule has 4 heteroatoms. The Kier molecular flexibility index (Phi) is 5.13. The van der Waals surface area contributed by atoms with Crippen LogP contribution in [0.25, 0.3) is 0 Å². The lowest BCUT2D eigenvalue weighted by molar-refractivity contribution is 0.0752. The minimum absolute atomic E-state index is 0.0328. The largest absolute Gasteiger partial charge is 0.335 e. The molecule has 1 aromatic carbocycles. The first-order chi connectivity index (χ1) is 9.74. The Morgan fingerprint density at radius 1 is 1.10 bits per heavy atom. The third kappa shape index (κ3) is 3.58. The van der Waals surface area contributed by atoms with Gasteiger partial charge in [0.25, 0.3) is 5.91 Å². The van der Waals surface area contributed by atoms with Crippen molar-refractivity contribution in [3.8, 4) is 0 Å². The predicted octanol–water partition coefficient (Wildman–Crippen LogP) is 3.48. The molecule has 0 fully saturated rings. The molecule has 0 bridgehead atoms. The first kappa shape index (κ1) is 14.5. The number of carbonyl (C=O) groups excluding carboxylic acids is 1. The van der Waals surface area contributed by atoms with Gasteiger partial charge in [-0.15, -0.1) is 11.6 Å². The van der Waals surface area contributed by atoms with Crippen molar-refractivity contribution >= 4 is 17.5 Å². The number of halogens is 1. The minimum atomic E-state index is 0.0328. The smallest absolute Gasteiger partial charge is 0.254 e. The van der Waals surface area contributed by atoms with Crippen LogP contribution in [0.3, 0.4) is 0 Å². The molecule has 2 rings (SSSR count). The average Bonchev–Trinajstić information content (AvgIpc) is 2.53. The van der Waals surface area contributed by atoms with Crippen molar-refractivity contribution in [3.05, 3.63) is 65.5 Å². The lowest BCUT2D eigenvalue weighted by Crippen LogP contribution is -2.30. The monoisotopic (exact) mass is 288 g/mol. The van der Waals surface area contributed by atoms with Crippen LogP contribution in [-0.4, -0.2) is 22.3 Å². The molecule has 0 spiro atoms. The molecule has 1 amide bonds. The molecule has 0 atom stereocenters. The summed E-state index contributed by atoms with van der Waals surface area (Å²) in [5, 5.41) is 0. The summed E-state index contributed by atoms with van der Waals surface area (Å²) in [5.74, 6) is 0.494. The van der Waals surface area contributed by atoms with E-state index in [9.17, 15) is 4.79 Å². The highest BCUT2D eigenvalue weighted by Gasteiger charge is 2.14. The van der Waals surface area contributed by atoms with Crippen molar-refractivity contribution < 1.29 is 4.79 Å². The second kappa shape index (κ2) is 7.06. The van der Waals surface area contributed by atoms with Crippen molar-refractivity contribution in [1.82, 2.24) is 9.88 Å². The van der Waals surface area contributed by atoms with Gasteiger partial charge in [-0.1, -0.05) is 12.1 Å². The predicted molar refractivity (Wildman–Crippen MR) is 80.7 cm³/mol. The van der Waals surface area contributed by atoms with E-state index in [0.717, 1.165) is 11.1 Å². The van der Waals surface area contributed by atoms with E-state index in [0.29, 0.717) is 24.5 Å².